The maximum Gasteiger partial charge on any atom is 0.0548 e. The van der Waals surface area contributed by atoms with Gasteiger partial charge in [-0.1, -0.05) is 127 Å². The quantitative estimate of drug-likeness (QED) is 0.178. The molecule has 0 aliphatic heterocycles. The highest BCUT2D eigenvalue weighted by Crippen LogP contribution is 2.43. The molecule has 0 fully saturated rings. The van der Waals surface area contributed by atoms with Gasteiger partial charge in [-0.2, -0.15) is 0 Å². The fourth-order valence-electron chi connectivity index (χ4n) is 7.85. The first-order valence-corrected chi connectivity index (χ1v) is 17.2. The van der Waals surface area contributed by atoms with E-state index < -0.39 is 0 Å². The summed E-state index contributed by atoms with van der Waals surface area (Å²) in [5, 5.41) is 5.07. The Morgan fingerprint density at radius 2 is 0.660 bits per heavy atom. The summed E-state index contributed by atoms with van der Waals surface area (Å²) in [5.74, 6) is 0. The van der Waals surface area contributed by atoms with Gasteiger partial charge in [0.1, 0.15) is 0 Å². The van der Waals surface area contributed by atoms with Gasteiger partial charge >= 0.3 is 0 Å². The van der Waals surface area contributed by atoms with Gasteiger partial charge in [0.25, 0.3) is 0 Å². The largest absolute Gasteiger partial charge is 0.309 e. The molecule has 0 bridgehead atoms. The molecule has 0 saturated heterocycles. The van der Waals surface area contributed by atoms with Crippen molar-refractivity contribution in [2.75, 3.05) is 0 Å². The highest BCUT2D eigenvalue weighted by atomic mass is 15.0. The van der Waals surface area contributed by atoms with Gasteiger partial charge in [-0.15, -0.1) is 0 Å². The average molecular weight is 637 g/mol. The summed E-state index contributed by atoms with van der Waals surface area (Å²) in [7, 11) is 0. The first-order chi connectivity index (χ1) is 24.8. The Morgan fingerprint density at radius 1 is 0.240 bits per heavy atom. The molecule has 0 aliphatic rings. The zero-order valence-corrected chi connectivity index (χ0v) is 27.4. The van der Waals surface area contributed by atoms with Gasteiger partial charge in [0.15, 0.2) is 0 Å². The summed E-state index contributed by atoms with van der Waals surface area (Å²) >= 11 is 0. The summed E-state index contributed by atoms with van der Waals surface area (Å²) in [6.45, 7) is 0. The maximum atomic E-state index is 2.45. The molecule has 2 aromatic heterocycles. The molecule has 10 rings (SSSR count). The number of hydrogen-bond donors (Lipinski definition) is 0. The van der Waals surface area contributed by atoms with E-state index in [0.717, 1.165) is 5.69 Å². The third kappa shape index (κ3) is 4.50. The lowest BCUT2D eigenvalue weighted by Crippen LogP contribution is -1.94. The number of aromatic nitrogens is 2. The number of rotatable bonds is 5. The predicted molar refractivity (Wildman–Crippen MR) is 211 cm³/mol. The van der Waals surface area contributed by atoms with Crippen molar-refractivity contribution in [2.45, 2.75) is 0 Å². The molecule has 0 unspecified atom stereocenters. The normalized spacial score (nSPS) is 11.6. The van der Waals surface area contributed by atoms with Crippen molar-refractivity contribution in [1.29, 1.82) is 0 Å². The summed E-state index contributed by atoms with van der Waals surface area (Å²) in [6.07, 6.45) is 0. The van der Waals surface area contributed by atoms with Crippen molar-refractivity contribution in [2.24, 2.45) is 0 Å². The Labute approximate surface area is 290 Å². The Hall–Kier alpha value is -6.64. The summed E-state index contributed by atoms with van der Waals surface area (Å²) in [6, 6.07) is 70.4. The van der Waals surface area contributed by atoms with Crippen molar-refractivity contribution in [1.82, 2.24) is 9.13 Å². The van der Waals surface area contributed by atoms with E-state index in [1.54, 1.807) is 0 Å². The number of benzene rings is 8. The van der Waals surface area contributed by atoms with E-state index in [9.17, 15) is 0 Å². The van der Waals surface area contributed by atoms with Crippen LogP contribution in [0.15, 0.2) is 194 Å². The molecule has 0 radical (unpaired) electrons. The van der Waals surface area contributed by atoms with Crippen LogP contribution in [-0.4, -0.2) is 9.13 Å². The minimum Gasteiger partial charge on any atom is -0.309 e. The minimum absolute atomic E-state index is 1.15. The third-order valence-corrected chi connectivity index (χ3v) is 10.1. The molecule has 2 heterocycles. The molecule has 0 saturated carbocycles. The Morgan fingerprint density at radius 3 is 1.20 bits per heavy atom. The zero-order chi connectivity index (χ0) is 33.0. The van der Waals surface area contributed by atoms with E-state index in [-0.39, 0.29) is 0 Å². The van der Waals surface area contributed by atoms with E-state index in [1.165, 1.54) is 82.7 Å². The summed E-state index contributed by atoms with van der Waals surface area (Å²) in [5.41, 5.74) is 14.4. The lowest BCUT2D eigenvalue weighted by atomic mass is 9.93. The monoisotopic (exact) mass is 636 g/mol. The van der Waals surface area contributed by atoms with Crippen LogP contribution in [0.4, 0.5) is 0 Å². The van der Waals surface area contributed by atoms with Crippen LogP contribution in [0.1, 0.15) is 0 Å². The lowest BCUT2D eigenvalue weighted by Gasteiger charge is -2.12. The number of nitrogens with zero attached hydrogens (tertiary/aromatic N) is 2. The molecule has 0 spiro atoms. The molecule has 0 N–H and O–H groups in total. The average Bonchev–Trinajstić information content (AvgIpc) is 3.71. The maximum absolute atomic E-state index is 2.45. The van der Waals surface area contributed by atoms with Crippen molar-refractivity contribution in [3.8, 4) is 44.8 Å². The second kappa shape index (κ2) is 11.5. The first-order valence-electron chi connectivity index (χ1n) is 17.2. The Kier molecular flexibility index (Phi) is 6.53. The van der Waals surface area contributed by atoms with Gasteiger partial charge in [0.05, 0.1) is 22.1 Å². The van der Waals surface area contributed by atoms with Gasteiger partial charge in [-0.25, -0.2) is 0 Å². The van der Waals surface area contributed by atoms with Crippen molar-refractivity contribution in [3.05, 3.63) is 194 Å². The molecule has 0 atom stereocenters. The second-order valence-electron chi connectivity index (χ2n) is 13.0. The van der Waals surface area contributed by atoms with Crippen LogP contribution in [0, 0.1) is 0 Å². The third-order valence-electron chi connectivity index (χ3n) is 10.1. The summed E-state index contributed by atoms with van der Waals surface area (Å²) < 4.78 is 4.85. The van der Waals surface area contributed by atoms with Gasteiger partial charge < -0.3 is 9.13 Å². The first kappa shape index (κ1) is 28.4. The van der Waals surface area contributed by atoms with Crippen LogP contribution in [0.25, 0.3) is 88.4 Å². The van der Waals surface area contributed by atoms with Crippen LogP contribution in [0.5, 0.6) is 0 Å². The Bertz CT molecular complexity index is 2770. The predicted octanol–water partition coefficient (Wildman–Crippen LogP) is 12.9. The van der Waals surface area contributed by atoms with Gasteiger partial charge in [-0.05, 0) is 100 Å². The van der Waals surface area contributed by atoms with E-state index in [0.29, 0.717) is 0 Å². The molecular weight excluding hydrogens is 605 g/mol. The van der Waals surface area contributed by atoms with Crippen molar-refractivity contribution < 1.29 is 0 Å². The topological polar surface area (TPSA) is 9.86 Å². The van der Waals surface area contributed by atoms with E-state index in [1.807, 2.05) is 0 Å². The minimum atomic E-state index is 1.15. The van der Waals surface area contributed by atoms with Crippen molar-refractivity contribution in [3.63, 3.8) is 0 Å². The molecule has 50 heavy (non-hydrogen) atoms. The van der Waals surface area contributed by atoms with Crippen LogP contribution in [0.2, 0.25) is 0 Å². The fourth-order valence-corrected chi connectivity index (χ4v) is 7.85. The number of para-hydroxylation sites is 3. The molecule has 2 heteroatoms. The van der Waals surface area contributed by atoms with Gasteiger partial charge in [0, 0.05) is 32.9 Å². The van der Waals surface area contributed by atoms with Crippen LogP contribution >= 0.6 is 0 Å². The zero-order valence-electron chi connectivity index (χ0n) is 27.4. The fraction of sp³-hybridized carbons (Fsp3) is 0. The molecule has 0 aliphatic carbocycles. The SMILES string of the molecule is c1ccc(-c2cc(-c3ccccc3)cc(-c3ccc4c5c6c7ccccc7n(-c7ccccc7)c6ccc5n(-c5ccccc5)c4c3)c2)cc1. The molecule has 0 amide bonds. The smallest absolute Gasteiger partial charge is 0.0548 e. The molecule has 2 nitrogen and oxygen atoms in total. The van der Waals surface area contributed by atoms with Crippen LogP contribution in [0.3, 0.4) is 0 Å². The highest BCUT2D eigenvalue weighted by Gasteiger charge is 2.21. The number of fused-ring (bicyclic) bond motifs is 7. The number of hydrogen-bond acceptors (Lipinski definition) is 0. The molecule has 234 valence electrons. The molecule has 10 aromatic rings. The van der Waals surface area contributed by atoms with Gasteiger partial charge in [-0.3, -0.25) is 0 Å². The Balaban J connectivity index is 1.29. The van der Waals surface area contributed by atoms with E-state index in [2.05, 4.69) is 203 Å². The highest BCUT2D eigenvalue weighted by molar-refractivity contribution is 6.29. The molecule has 8 aromatic carbocycles. The van der Waals surface area contributed by atoms with Crippen LogP contribution < -0.4 is 0 Å². The second-order valence-corrected chi connectivity index (χ2v) is 13.0. The standard InChI is InChI=1S/C48H32N2/c1-5-15-33(16-6-1)36-29-37(34-17-7-2-8-18-34)31-38(30-36)35-25-26-42-46(32-35)50(40-21-11-4-12-22-40)45-28-27-44-47(48(42)45)41-23-13-14-24-43(41)49(44)39-19-9-3-10-20-39/h1-32H. The van der Waals surface area contributed by atoms with E-state index >= 15 is 0 Å². The van der Waals surface area contributed by atoms with Crippen LogP contribution in [-0.2, 0) is 0 Å². The van der Waals surface area contributed by atoms with Crippen molar-refractivity contribution >= 4 is 43.6 Å². The molecular formula is C48H32N2. The van der Waals surface area contributed by atoms with Gasteiger partial charge in [0.2, 0.25) is 0 Å². The lowest BCUT2D eigenvalue weighted by molar-refractivity contribution is 1.17. The van der Waals surface area contributed by atoms with E-state index in [4.69, 9.17) is 0 Å². The summed E-state index contributed by atoms with van der Waals surface area (Å²) in [4.78, 5) is 0.